The van der Waals surface area contributed by atoms with Crippen molar-refractivity contribution in [1.82, 2.24) is 5.32 Å². The van der Waals surface area contributed by atoms with E-state index in [1.54, 1.807) is 0 Å². The van der Waals surface area contributed by atoms with Crippen LogP contribution in [0.4, 0.5) is 0 Å². The normalized spacial score (nSPS) is 19.2. The van der Waals surface area contributed by atoms with E-state index in [1.807, 2.05) is 11.3 Å². The highest BCUT2D eigenvalue weighted by Crippen LogP contribution is 2.31. The molecule has 0 radical (unpaired) electrons. The molecule has 0 aliphatic heterocycles. The van der Waals surface area contributed by atoms with E-state index in [0.29, 0.717) is 18.6 Å². The summed E-state index contributed by atoms with van der Waals surface area (Å²) in [7, 11) is 0. The lowest BCUT2D eigenvalue weighted by molar-refractivity contribution is 0.449. The van der Waals surface area contributed by atoms with E-state index in [2.05, 4.69) is 34.2 Å². The Hall–Kier alpha value is 0.100. The summed E-state index contributed by atoms with van der Waals surface area (Å²) in [5, 5.41) is 3.69. The second kappa shape index (κ2) is 5.63. The monoisotopic (exact) mass is 302 g/mol. The van der Waals surface area contributed by atoms with Gasteiger partial charge in [-0.1, -0.05) is 12.8 Å². The van der Waals surface area contributed by atoms with Gasteiger partial charge in [-0.2, -0.15) is 0 Å². The predicted octanol–water partition coefficient (Wildman–Crippen LogP) is 3.35. The van der Waals surface area contributed by atoms with E-state index in [1.165, 1.54) is 39.9 Å². The van der Waals surface area contributed by atoms with Crippen LogP contribution in [0.5, 0.6) is 0 Å². The van der Waals surface area contributed by atoms with E-state index < -0.39 is 0 Å². The molecule has 0 aromatic carbocycles. The molecule has 2 nitrogen and oxygen atoms in total. The molecular formula is C12H19BrN2S. The van der Waals surface area contributed by atoms with Crippen LogP contribution >= 0.6 is 27.3 Å². The minimum absolute atomic E-state index is 0.332. The zero-order valence-electron chi connectivity index (χ0n) is 9.63. The molecule has 0 amide bonds. The van der Waals surface area contributed by atoms with Crippen LogP contribution in [0.25, 0.3) is 0 Å². The average Bonchev–Trinajstić information content (AvgIpc) is 2.86. The maximum Gasteiger partial charge on any atom is 0.0541 e. The molecule has 1 aliphatic carbocycles. The van der Waals surface area contributed by atoms with Gasteiger partial charge >= 0.3 is 0 Å². The summed E-state index contributed by atoms with van der Waals surface area (Å²) in [5.74, 6) is 0. The first kappa shape index (κ1) is 12.6. The SMILES string of the molecule is Cc1sc(C(CN)NC2CCCC2)cc1Br. The van der Waals surface area contributed by atoms with Crippen molar-refractivity contribution in [2.45, 2.75) is 44.7 Å². The maximum atomic E-state index is 5.87. The van der Waals surface area contributed by atoms with Crippen molar-refractivity contribution in [1.29, 1.82) is 0 Å². The molecule has 2 rings (SSSR count). The summed E-state index contributed by atoms with van der Waals surface area (Å²) in [4.78, 5) is 2.69. The highest BCUT2D eigenvalue weighted by Gasteiger charge is 2.20. The van der Waals surface area contributed by atoms with E-state index in [-0.39, 0.29) is 0 Å². The fraction of sp³-hybridized carbons (Fsp3) is 0.667. The highest BCUT2D eigenvalue weighted by atomic mass is 79.9. The predicted molar refractivity (Wildman–Crippen MR) is 73.9 cm³/mol. The van der Waals surface area contributed by atoms with Crippen molar-refractivity contribution in [3.8, 4) is 0 Å². The third-order valence-electron chi connectivity index (χ3n) is 3.25. The fourth-order valence-corrected chi connectivity index (χ4v) is 3.93. The van der Waals surface area contributed by atoms with Crippen LogP contribution in [0.2, 0.25) is 0 Å². The molecule has 16 heavy (non-hydrogen) atoms. The summed E-state index contributed by atoms with van der Waals surface area (Å²) in [5.41, 5.74) is 5.87. The molecule has 1 heterocycles. The number of halogens is 1. The smallest absolute Gasteiger partial charge is 0.0541 e. The van der Waals surface area contributed by atoms with Crippen LogP contribution in [-0.2, 0) is 0 Å². The Balaban J connectivity index is 2.03. The van der Waals surface area contributed by atoms with Crippen molar-refractivity contribution in [3.63, 3.8) is 0 Å². The lowest BCUT2D eigenvalue weighted by Crippen LogP contribution is -2.34. The molecule has 1 aromatic rings. The summed E-state index contributed by atoms with van der Waals surface area (Å²) < 4.78 is 1.21. The number of thiophene rings is 1. The lowest BCUT2D eigenvalue weighted by atomic mass is 10.2. The third kappa shape index (κ3) is 2.86. The number of nitrogens with two attached hydrogens (primary N) is 1. The molecule has 3 N–H and O–H groups in total. The molecule has 0 bridgehead atoms. The van der Waals surface area contributed by atoms with Crippen LogP contribution in [0.15, 0.2) is 10.5 Å². The van der Waals surface area contributed by atoms with Gasteiger partial charge in [-0.05, 0) is 41.8 Å². The van der Waals surface area contributed by atoms with E-state index >= 15 is 0 Å². The molecule has 0 spiro atoms. The summed E-state index contributed by atoms with van der Waals surface area (Å²) >= 11 is 5.41. The van der Waals surface area contributed by atoms with Crippen molar-refractivity contribution in [2.24, 2.45) is 5.73 Å². The zero-order chi connectivity index (χ0) is 11.5. The van der Waals surface area contributed by atoms with E-state index in [9.17, 15) is 0 Å². The molecule has 1 atom stereocenters. The number of hydrogen-bond acceptors (Lipinski definition) is 3. The molecule has 1 fully saturated rings. The van der Waals surface area contributed by atoms with Crippen LogP contribution in [0.3, 0.4) is 0 Å². The maximum absolute atomic E-state index is 5.87. The fourth-order valence-electron chi connectivity index (χ4n) is 2.30. The van der Waals surface area contributed by atoms with Crippen LogP contribution in [-0.4, -0.2) is 12.6 Å². The second-order valence-electron chi connectivity index (χ2n) is 4.49. The van der Waals surface area contributed by atoms with Gasteiger partial charge in [-0.25, -0.2) is 0 Å². The molecule has 1 saturated carbocycles. The largest absolute Gasteiger partial charge is 0.329 e. The molecule has 1 aromatic heterocycles. The average molecular weight is 303 g/mol. The lowest BCUT2D eigenvalue weighted by Gasteiger charge is -2.20. The number of rotatable bonds is 4. The van der Waals surface area contributed by atoms with Gasteiger partial charge in [0.2, 0.25) is 0 Å². The van der Waals surface area contributed by atoms with Gasteiger partial charge in [0.05, 0.1) is 6.04 Å². The van der Waals surface area contributed by atoms with Crippen LogP contribution in [0, 0.1) is 6.92 Å². The minimum Gasteiger partial charge on any atom is -0.329 e. The van der Waals surface area contributed by atoms with Gasteiger partial charge in [-0.3, -0.25) is 0 Å². The Labute approximate surface area is 110 Å². The molecule has 0 saturated heterocycles. The van der Waals surface area contributed by atoms with Gasteiger partial charge < -0.3 is 11.1 Å². The Bertz CT molecular complexity index is 325. The topological polar surface area (TPSA) is 38.0 Å². The van der Waals surface area contributed by atoms with Crippen LogP contribution < -0.4 is 11.1 Å². The second-order valence-corrected chi connectivity index (χ2v) is 6.63. The first-order valence-electron chi connectivity index (χ1n) is 5.92. The number of nitrogens with one attached hydrogen (secondary N) is 1. The zero-order valence-corrected chi connectivity index (χ0v) is 12.0. The standard InChI is InChI=1S/C12H19BrN2S/c1-8-10(13)6-12(16-8)11(7-14)15-9-4-2-3-5-9/h6,9,11,15H,2-5,7,14H2,1H3. The molecule has 1 unspecified atom stereocenters. The van der Waals surface area contributed by atoms with E-state index in [4.69, 9.17) is 5.73 Å². The molecule has 1 aliphatic rings. The van der Waals surface area contributed by atoms with Gasteiger partial charge in [0, 0.05) is 26.8 Å². The highest BCUT2D eigenvalue weighted by molar-refractivity contribution is 9.10. The molecule has 4 heteroatoms. The Morgan fingerprint density at radius 1 is 1.56 bits per heavy atom. The molecular weight excluding hydrogens is 284 g/mol. The first-order valence-corrected chi connectivity index (χ1v) is 7.53. The Kier molecular flexibility index (Phi) is 4.41. The van der Waals surface area contributed by atoms with E-state index in [0.717, 1.165) is 0 Å². The Morgan fingerprint density at radius 2 is 2.25 bits per heavy atom. The minimum atomic E-state index is 0.332. The van der Waals surface area contributed by atoms with Gasteiger partial charge in [0.1, 0.15) is 0 Å². The van der Waals surface area contributed by atoms with Gasteiger partial charge in [0.25, 0.3) is 0 Å². The first-order chi connectivity index (χ1) is 7.70. The van der Waals surface area contributed by atoms with Crippen LogP contribution in [0.1, 0.15) is 41.5 Å². The van der Waals surface area contributed by atoms with Gasteiger partial charge in [0.15, 0.2) is 0 Å². The summed E-state index contributed by atoms with van der Waals surface area (Å²) in [6.45, 7) is 2.82. The summed E-state index contributed by atoms with van der Waals surface area (Å²) in [6.07, 6.45) is 5.34. The van der Waals surface area contributed by atoms with Crippen molar-refractivity contribution >= 4 is 27.3 Å². The third-order valence-corrected chi connectivity index (χ3v) is 5.50. The number of aryl methyl sites for hydroxylation is 1. The van der Waals surface area contributed by atoms with Crippen molar-refractivity contribution in [2.75, 3.05) is 6.54 Å². The van der Waals surface area contributed by atoms with Crippen molar-refractivity contribution < 1.29 is 0 Å². The quantitative estimate of drug-likeness (QED) is 0.895. The molecule has 90 valence electrons. The summed E-state index contributed by atoms with van der Waals surface area (Å²) in [6, 6.07) is 3.22. The van der Waals surface area contributed by atoms with Gasteiger partial charge in [-0.15, -0.1) is 11.3 Å². The van der Waals surface area contributed by atoms with Crippen molar-refractivity contribution in [3.05, 3.63) is 20.3 Å². The Morgan fingerprint density at radius 3 is 2.75 bits per heavy atom. The number of hydrogen-bond donors (Lipinski definition) is 2.